The molecule has 1 saturated heterocycles. The van der Waals surface area contributed by atoms with E-state index in [0.29, 0.717) is 31.1 Å². The summed E-state index contributed by atoms with van der Waals surface area (Å²) in [6, 6.07) is 28.1. The molecule has 0 radical (unpaired) electrons. The van der Waals surface area contributed by atoms with E-state index in [1.807, 2.05) is 83.8 Å². The van der Waals surface area contributed by atoms with E-state index >= 15 is 0 Å². The molecule has 2 aliphatic rings. The van der Waals surface area contributed by atoms with Gasteiger partial charge in [0.25, 0.3) is 11.8 Å². The minimum atomic E-state index is -0.565. The topological polar surface area (TPSA) is 52.7 Å². The zero-order chi connectivity index (χ0) is 27.8. The molecule has 5 nitrogen and oxygen atoms in total. The van der Waals surface area contributed by atoms with Gasteiger partial charge in [0, 0.05) is 30.4 Å². The van der Waals surface area contributed by atoms with E-state index in [1.165, 1.54) is 16.8 Å². The summed E-state index contributed by atoms with van der Waals surface area (Å²) in [5.74, 6) is -0.709. The molecule has 0 spiro atoms. The first-order chi connectivity index (χ1) is 19.4. The molecule has 0 bridgehead atoms. The lowest BCUT2D eigenvalue weighted by atomic mass is 10.2. The quantitative estimate of drug-likeness (QED) is 0.225. The van der Waals surface area contributed by atoms with Crippen LogP contribution in [0.15, 0.2) is 106 Å². The van der Waals surface area contributed by atoms with E-state index in [4.69, 9.17) is 34.8 Å². The molecule has 0 saturated carbocycles. The number of carbonyl (C=O) groups is 2. The zero-order valence-electron chi connectivity index (χ0n) is 20.7. The van der Waals surface area contributed by atoms with Crippen molar-refractivity contribution in [2.75, 3.05) is 11.4 Å². The van der Waals surface area contributed by atoms with E-state index in [2.05, 4.69) is 5.43 Å². The molecule has 1 atom stereocenters. The summed E-state index contributed by atoms with van der Waals surface area (Å²) in [6.45, 7) is -0.0296. The Morgan fingerprint density at radius 2 is 1.55 bits per heavy atom. The predicted molar refractivity (Wildman–Crippen MR) is 165 cm³/mol. The van der Waals surface area contributed by atoms with Crippen molar-refractivity contribution in [3.63, 3.8) is 0 Å². The van der Waals surface area contributed by atoms with Crippen LogP contribution in [0.4, 0.5) is 11.4 Å². The standard InChI is InChI=1S/C30H20Cl3N3O2S2/c31-19-13-14-26-24(16-19)35(23-11-5-6-12-25(23)39-26)17-28(37)34-36-29(38)27(15-18-7-1-3-9-21(18)32)40-30(36)20-8-2-4-10-22(20)33/h1-16,30H,17H2,(H,34,37)/b27-15-. The lowest BCUT2D eigenvalue weighted by Gasteiger charge is -2.33. The molecule has 10 heteroatoms. The second-order valence-electron chi connectivity index (χ2n) is 9.00. The molecule has 1 fully saturated rings. The maximum Gasteiger partial charge on any atom is 0.280 e. The fourth-order valence-electron chi connectivity index (χ4n) is 4.55. The van der Waals surface area contributed by atoms with Crippen LogP contribution >= 0.6 is 58.3 Å². The third-order valence-corrected chi connectivity index (χ3v) is 9.69. The smallest absolute Gasteiger partial charge is 0.280 e. The minimum Gasteiger partial charge on any atom is -0.330 e. The molecule has 4 aromatic carbocycles. The van der Waals surface area contributed by atoms with Gasteiger partial charge in [0.15, 0.2) is 0 Å². The number of para-hydroxylation sites is 1. The Balaban J connectivity index is 1.32. The maximum absolute atomic E-state index is 13.7. The van der Waals surface area contributed by atoms with Crippen LogP contribution in [0.5, 0.6) is 0 Å². The second kappa shape index (κ2) is 11.4. The van der Waals surface area contributed by atoms with Gasteiger partial charge < -0.3 is 4.90 Å². The first-order valence-corrected chi connectivity index (χ1v) is 15.1. The van der Waals surface area contributed by atoms with Gasteiger partial charge in [-0.3, -0.25) is 15.0 Å². The number of anilines is 2. The second-order valence-corrected chi connectivity index (χ2v) is 12.5. The minimum absolute atomic E-state index is 0.0296. The number of benzene rings is 4. The highest BCUT2D eigenvalue weighted by Crippen LogP contribution is 2.49. The van der Waals surface area contributed by atoms with Gasteiger partial charge in [-0.25, -0.2) is 5.01 Å². The Morgan fingerprint density at radius 3 is 2.35 bits per heavy atom. The lowest BCUT2D eigenvalue weighted by Crippen LogP contribution is -2.48. The van der Waals surface area contributed by atoms with Crippen LogP contribution in [0.1, 0.15) is 16.5 Å². The van der Waals surface area contributed by atoms with Gasteiger partial charge in [-0.05, 0) is 54.1 Å². The molecule has 0 aliphatic carbocycles. The number of rotatable bonds is 5. The zero-order valence-corrected chi connectivity index (χ0v) is 24.6. The van der Waals surface area contributed by atoms with Crippen molar-refractivity contribution >= 4 is 87.6 Å². The van der Waals surface area contributed by atoms with Gasteiger partial charge in [0.2, 0.25) is 0 Å². The van der Waals surface area contributed by atoms with Gasteiger partial charge in [-0.1, -0.05) is 107 Å². The lowest BCUT2D eigenvalue weighted by molar-refractivity contribution is -0.137. The van der Waals surface area contributed by atoms with Crippen molar-refractivity contribution in [1.82, 2.24) is 10.4 Å². The number of fused-ring (bicyclic) bond motifs is 2. The fourth-order valence-corrected chi connectivity index (χ4v) is 7.51. The number of hydrogen-bond donors (Lipinski definition) is 1. The highest BCUT2D eigenvalue weighted by molar-refractivity contribution is 8.04. The predicted octanol–water partition coefficient (Wildman–Crippen LogP) is 8.60. The van der Waals surface area contributed by atoms with Crippen molar-refractivity contribution in [3.8, 4) is 0 Å². The molecule has 6 rings (SSSR count). The van der Waals surface area contributed by atoms with Gasteiger partial charge in [0.05, 0.1) is 16.3 Å². The summed E-state index contributed by atoms with van der Waals surface area (Å²) >= 11 is 22.2. The Hall–Kier alpha value is -3.07. The van der Waals surface area contributed by atoms with Crippen LogP contribution < -0.4 is 10.3 Å². The highest BCUT2D eigenvalue weighted by Gasteiger charge is 2.40. The van der Waals surface area contributed by atoms with Gasteiger partial charge in [-0.2, -0.15) is 0 Å². The van der Waals surface area contributed by atoms with Crippen molar-refractivity contribution in [3.05, 3.63) is 122 Å². The van der Waals surface area contributed by atoms with E-state index < -0.39 is 5.37 Å². The number of nitrogens with one attached hydrogen (secondary N) is 1. The van der Waals surface area contributed by atoms with Gasteiger partial charge in [-0.15, -0.1) is 0 Å². The first-order valence-electron chi connectivity index (χ1n) is 12.2. The van der Waals surface area contributed by atoms with Crippen molar-refractivity contribution in [1.29, 1.82) is 0 Å². The Labute approximate surface area is 255 Å². The molecular weight excluding hydrogens is 605 g/mol. The van der Waals surface area contributed by atoms with Crippen LogP contribution in [0.25, 0.3) is 6.08 Å². The number of carbonyl (C=O) groups excluding carboxylic acids is 2. The summed E-state index contributed by atoms with van der Waals surface area (Å²) in [6.07, 6.45) is 1.74. The van der Waals surface area contributed by atoms with Crippen LogP contribution in [-0.2, 0) is 9.59 Å². The summed E-state index contributed by atoms with van der Waals surface area (Å²) in [5, 5.41) is 2.38. The molecule has 4 aromatic rings. The molecule has 40 heavy (non-hydrogen) atoms. The van der Waals surface area contributed by atoms with E-state index in [-0.39, 0.29) is 18.4 Å². The van der Waals surface area contributed by atoms with Crippen LogP contribution in [0, 0.1) is 0 Å². The average molecular weight is 625 g/mol. The molecule has 2 heterocycles. The fraction of sp³-hybridized carbons (Fsp3) is 0.0667. The number of nitrogens with zero attached hydrogens (tertiary/aromatic N) is 2. The number of halogens is 3. The molecule has 0 aromatic heterocycles. The normalized spacial score (nSPS) is 17.1. The molecule has 1 N–H and O–H groups in total. The van der Waals surface area contributed by atoms with Crippen LogP contribution in [0.3, 0.4) is 0 Å². The summed E-state index contributed by atoms with van der Waals surface area (Å²) in [4.78, 5) is 31.7. The van der Waals surface area contributed by atoms with E-state index in [9.17, 15) is 9.59 Å². The Kier molecular flexibility index (Phi) is 7.75. The molecule has 200 valence electrons. The summed E-state index contributed by atoms with van der Waals surface area (Å²) < 4.78 is 0. The molecule has 2 amide bonds. The van der Waals surface area contributed by atoms with Gasteiger partial charge >= 0.3 is 0 Å². The molecule has 2 aliphatic heterocycles. The molecule has 1 unspecified atom stereocenters. The number of thioether (sulfide) groups is 1. The molecular formula is C30H20Cl3N3O2S2. The number of hydrogen-bond acceptors (Lipinski definition) is 5. The largest absolute Gasteiger partial charge is 0.330 e. The van der Waals surface area contributed by atoms with Crippen molar-refractivity contribution in [2.24, 2.45) is 0 Å². The van der Waals surface area contributed by atoms with Crippen molar-refractivity contribution in [2.45, 2.75) is 15.2 Å². The van der Waals surface area contributed by atoms with E-state index in [1.54, 1.807) is 30.0 Å². The maximum atomic E-state index is 13.7. The van der Waals surface area contributed by atoms with E-state index in [0.717, 1.165) is 21.2 Å². The SMILES string of the molecule is O=C(CN1c2ccccc2Sc2ccc(Cl)cc21)NN1C(=O)/C(=C/c2ccccc2Cl)SC1c1ccccc1Cl. The third kappa shape index (κ3) is 5.32. The Bertz CT molecular complexity index is 1680. The average Bonchev–Trinajstić information content (AvgIpc) is 3.24. The number of amides is 2. The van der Waals surface area contributed by atoms with Crippen LogP contribution in [0.2, 0.25) is 15.1 Å². The Morgan fingerprint density at radius 1 is 0.850 bits per heavy atom. The summed E-state index contributed by atoms with van der Waals surface area (Å²) in [7, 11) is 0. The third-order valence-electron chi connectivity index (χ3n) is 6.40. The van der Waals surface area contributed by atoms with Crippen LogP contribution in [-0.4, -0.2) is 23.4 Å². The van der Waals surface area contributed by atoms with Crippen molar-refractivity contribution < 1.29 is 9.59 Å². The highest BCUT2D eigenvalue weighted by atomic mass is 35.5. The number of hydrazine groups is 1. The first kappa shape index (κ1) is 27.1. The monoisotopic (exact) mass is 623 g/mol. The summed E-state index contributed by atoms with van der Waals surface area (Å²) in [5.41, 5.74) is 6.01. The van der Waals surface area contributed by atoms with Gasteiger partial charge in [0.1, 0.15) is 11.9 Å².